The molecular weight excluding hydrogens is 420 g/mol. The fourth-order valence-electron chi connectivity index (χ4n) is 2.97. The Kier molecular flexibility index (Phi) is 5.28. The van der Waals surface area contributed by atoms with E-state index < -0.39 is 10.0 Å². The Balaban J connectivity index is 2.02. The van der Waals surface area contributed by atoms with Crippen LogP contribution in [0.15, 0.2) is 38.1 Å². The molecule has 2 heterocycles. The zero-order valence-corrected chi connectivity index (χ0v) is 17.3. The quantitative estimate of drug-likeness (QED) is 0.765. The van der Waals surface area contributed by atoms with Crippen LogP contribution in [0, 0.1) is 6.92 Å². The molecule has 8 heteroatoms. The van der Waals surface area contributed by atoms with Gasteiger partial charge in [0.25, 0.3) is 0 Å². The molecule has 26 heavy (non-hydrogen) atoms. The molecule has 0 spiro atoms. The first-order valence-corrected chi connectivity index (χ1v) is 10.6. The minimum absolute atomic E-state index is 0.102. The Morgan fingerprint density at radius 2 is 2.00 bits per heavy atom. The predicted molar refractivity (Wildman–Crippen MR) is 102 cm³/mol. The van der Waals surface area contributed by atoms with Crippen LogP contribution in [-0.2, 0) is 27.8 Å². The fourth-order valence-corrected chi connectivity index (χ4v) is 5.65. The van der Waals surface area contributed by atoms with Crippen LogP contribution in [-0.4, -0.2) is 24.7 Å². The number of amides is 1. The highest BCUT2D eigenvalue weighted by Crippen LogP contribution is 2.34. The average Bonchev–Trinajstić information content (AvgIpc) is 2.97. The smallest absolute Gasteiger partial charge is 0.244 e. The van der Waals surface area contributed by atoms with Gasteiger partial charge in [-0.05, 0) is 73.0 Å². The summed E-state index contributed by atoms with van der Waals surface area (Å²) in [6, 6.07) is 6.64. The Morgan fingerprint density at radius 1 is 1.27 bits per heavy atom. The van der Waals surface area contributed by atoms with Crippen molar-refractivity contribution in [2.75, 3.05) is 5.32 Å². The zero-order chi connectivity index (χ0) is 19.1. The molecule has 0 bridgehead atoms. The number of hydrogen-bond donors (Lipinski definition) is 1. The number of fused-ring (bicyclic) bond motifs is 1. The number of nitrogens with zero attached hydrogens (tertiary/aromatic N) is 1. The van der Waals surface area contributed by atoms with E-state index in [1.54, 1.807) is 12.1 Å². The van der Waals surface area contributed by atoms with Crippen LogP contribution in [0.25, 0.3) is 0 Å². The molecule has 1 aliphatic rings. The highest BCUT2D eigenvalue weighted by Gasteiger charge is 2.31. The number of sulfonamides is 1. The van der Waals surface area contributed by atoms with E-state index in [0.717, 1.165) is 11.3 Å². The van der Waals surface area contributed by atoms with Crippen molar-refractivity contribution in [2.45, 2.75) is 51.1 Å². The van der Waals surface area contributed by atoms with Crippen LogP contribution in [0.5, 0.6) is 0 Å². The van der Waals surface area contributed by atoms with Crippen LogP contribution in [0.3, 0.4) is 0 Å². The summed E-state index contributed by atoms with van der Waals surface area (Å²) < 4.78 is 34.1. The van der Waals surface area contributed by atoms with Gasteiger partial charge in [0.15, 0.2) is 0 Å². The SMILES string of the molecule is Cc1ccc(CN(C(C)C)S(=O)(=O)c2cc3c(cc2Br)CCC(=O)N3)o1. The summed E-state index contributed by atoms with van der Waals surface area (Å²) in [5.41, 5.74) is 1.48. The summed E-state index contributed by atoms with van der Waals surface area (Å²) in [5, 5.41) is 2.76. The van der Waals surface area contributed by atoms with Gasteiger partial charge in [-0.15, -0.1) is 0 Å². The van der Waals surface area contributed by atoms with Crippen LogP contribution in [0.2, 0.25) is 0 Å². The molecule has 0 saturated heterocycles. The number of aryl methyl sites for hydroxylation is 2. The average molecular weight is 441 g/mol. The summed E-state index contributed by atoms with van der Waals surface area (Å²) in [4.78, 5) is 11.8. The van der Waals surface area contributed by atoms with Gasteiger partial charge in [0, 0.05) is 22.6 Å². The molecule has 0 atom stereocenters. The third-order valence-electron chi connectivity index (χ3n) is 4.32. The molecule has 140 valence electrons. The van der Waals surface area contributed by atoms with Gasteiger partial charge in [0.2, 0.25) is 15.9 Å². The van der Waals surface area contributed by atoms with E-state index in [9.17, 15) is 13.2 Å². The maximum absolute atomic E-state index is 13.3. The van der Waals surface area contributed by atoms with Crippen molar-refractivity contribution < 1.29 is 17.6 Å². The van der Waals surface area contributed by atoms with Gasteiger partial charge in [-0.2, -0.15) is 4.31 Å². The second-order valence-electron chi connectivity index (χ2n) is 6.64. The Labute approximate surface area is 161 Å². The molecule has 3 rings (SSSR count). The van der Waals surface area contributed by atoms with Gasteiger partial charge in [-0.25, -0.2) is 8.42 Å². The largest absolute Gasteiger partial charge is 0.465 e. The number of carbonyl (C=O) groups is 1. The molecule has 1 amide bonds. The second-order valence-corrected chi connectivity index (χ2v) is 9.36. The predicted octanol–water partition coefficient (Wildman–Crippen LogP) is 3.83. The van der Waals surface area contributed by atoms with Crippen LogP contribution in [0.4, 0.5) is 5.69 Å². The second kappa shape index (κ2) is 7.17. The Hall–Kier alpha value is -1.64. The number of anilines is 1. The van der Waals surface area contributed by atoms with E-state index in [1.165, 1.54) is 10.4 Å². The third-order valence-corrected chi connectivity index (χ3v) is 7.30. The molecule has 0 unspecified atom stereocenters. The summed E-state index contributed by atoms with van der Waals surface area (Å²) in [6.45, 7) is 5.60. The molecule has 0 radical (unpaired) electrons. The number of hydrogen-bond acceptors (Lipinski definition) is 4. The monoisotopic (exact) mass is 440 g/mol. The van der Waals surface area contributed by atoms with Gasteiger partial charge in [-0.3, -0.25) is 4.79 Å². The number of carbonyl (C=O) groups excluding carboxylic acids is 1. The fraction of sp³-hybridized carbons (Fsp3) is 0.389. The first-order chi connectivity index (χ1) is 12.2. The van der Waals surface area contributed by atoms with Crippen molar-refractivity contribution in [1.82, 2.24) is 4.31 Å². The molecule has 1 aromatic heterocycles. The standard InChI is InChI=1S/C18H21BrN2O4S/c1-11(2)21(10-14-6-4-12(3)25-14)26(23,24)17-9-16-13(8-15(17)19)5-7-18(22)20-16/h4,6,8-9,11H,5,7,10H2,1-3H3,(H,20,22). The maximum Gasteiger partial charge on any atom is 0.244 e. The molecule has 0 fully saturated rings. The van der Waals surface area contributed by atoms with E-state index in [-0.39, 0.29) is 23.4 Å². The number of rotatable bonds is 5. The third kappa shape index (κ3) is 3.72. The molecule has 6 nitrogen and oxygen atoms in total. The van der Waals surface area contributed by atoms with E-state index in [1.807, 2.05) is 26.8 Å². The number of halogens is 1. The van der Waals surface area contributed by atoms with Crippen molar-refractivity contribution in [3.8, 4) is 0 Å². The number of furan rings is 1. The van der Waals surface area contributed by atoms with Crippen molar-refractivity contribution in [2.24, 2.45) is 0 Å². The molecule has 2 aromatic rings. The van der Waals surface area contributed by atoms with Crippen molar-refractivity contribution in [1.29, 1.82) is 0 Å². The van der Waals surface area contributed by atoms with Crippen molar-refractivity contribution in [3.05, 3.63) is 45.8 Å². The molecular formula is C18H21BrN2O4S. The van der Waals surface area contributed by atoms with Gasteiger partial charge in [0.1, 0.15) is 11.5 Å². The summed E-state index contributed by atoms with van der Waals surface area (Å²) in [5.74, 6) is 1.22. The lowest BCUT2D eigenvalue weighted by molar-refractivity contribution is -0.116. The van der Waals surface area contributed by atoms with Crippen LogP contribution in [0.1, 0.15) is 37.4 Å². The summed E-state index contributed by atoms with van der Waals surface area (Å²) in [7, 11) is -3.80. The summed E-state index contributed by atoms with van der Waals surface area (Å²) >= 11 is 3.39. The molecule has 1 aliphatic heterocycles. The molecule has 1 N–H and O–H groups in total. The van der Waals surface area contributed by atoms with E-state index in [0.29, 0.717) is 28.8 Å². The van der Waals surface area contributed by atoms with Crippen molar-refractivity contribution in [3.63, 3.8) is 0 Å². The minimum atomic E-state index is -3.80. The number of nitrogens with one attached hydrogen (secondary N) is 1. The Morgan fingerprint density at radius 3 is 2.62 bits per heavy atom. The van der Waals surface area contributed by atoms with Gasteiger partial charge < -0.3 is 9.73 Å². The van der Waals surface area contributed by atoms with E-state index in [4.69, 9.17) is 4.42 Å². The number of benzene rings is 1. The van der Waals surface area contributed by atoms with Gasteiger partial charge >= 0.3 is 0 Å². The summed E-state index contributed by atoms with van der Waals surface area (Å²) in [6.07, 6.45) is 1.00. The lowest BCUT2D eigenvalue weighted by atomic mass is 10.0. The Bertz CT molecular complexity index is 950. The van der Waals surface area contributed by atoms with Gasteiger partial charge in [0.05, 0.1) is 11.4 Å². The molecule has 0 saturated carbocycles. The zero-order valence-electron chi connectivity index (χ0n) is 14.9. The van der Waals surface area contributed by atoms with E-state index >= 15 is 0 Å². The van der Waals surface area contributed by atoms with Crippen molar-refractivity contribution >= 4 is 37.5 Å². The normalized spacial score (nSPS) is 14.6. The topological polar surface area (TPSA) is 79.6 Å². The highest BCUT2D eigenvalue weighted by molar-refractivity contribution is 9.10. The first kappa shape index (κ1) is 19.1. The molecule has 1 aromatic carbocycles. The maximum atomic E-state index is 13.3. The first-order valence-electron chi connectivity index (χ1n) is 8.38. The van der Waals surface area contributed by atoms with Gasteiger partial charge in [-0.1, -0.05) is 0 Å². The van der Waals surface area contributed by atoms with Crippen LogP contribution >= 0.6 is 15.9 Å². The molecule has 0 aliphatic carbocycles. The van der Waals surface area contributed by atoms with E-state index in [2.05, 4.69) is 21.2 Å². The lowest BCUT2D eigenvalue weighted by Crippen LogP contribution is -2.36. The lowest BCUT2D eigenvalue weighted by Gasteiger charge is -2.27. The highest BCUT2D eigenvalue weighted by atomic mass is 79.9. The minimum Gasteiger partial charge on any atom is -0.465 e. The van der Waals surface area contributed by atoms with Crippen LogP contribution < -0.4 is 5.32 Å².